The Bertz CT molecular complexity index is 280. The normalized spacial score (nSPS) is 22.4. The maximum Gasteiger partial charge on any atom is 0.167 e. The first kappa shape index (κ1) is 10.1. The minimum absolute atomic E-state index is 0.0121. The summed E-state index contributed by atoms with van der Waals surface area (Å²) in [6, 6.07) is 4.07. The lowest BCUT2D eigenvalue weighted by Crippen LogP contribution is -2.30. The Morgan fingerprint density at radius 1 is 1.57 bits per heavy atom. The molecule has 2 rings (SSSR count). The van der Waals surface area contributed by atoms with Gasteiger partial charge in [0.1, 0.15) is 0 Å². The number of hydrogen-bond donors (Lipinski definition) is 1. The Balaban J connectivity index is 1.97. The summed E-state index contributed by atoms with van der Waals surface area (Å²) in [5.41, 5.74) is 6.05. The smallest absolute Gasteiger partial charge is 0.167 e. The fraction of sp³-hybridized carbons (Fsp3) is 0.600. The van der Waals surface area contributed by atoms with Crippen molar-refractivity contribution in [2.24, 2.45) is 5.73 Å². The van der Waals surface area contributed by atoms with Crippen molar-refractivity contribution in [1.29, 1.82) is 0 Å². The van der Waals surface area contributed by atoms with Gasteiger partial charge < -0.3 is 15.2 Å². The molecule has 1 aromatic heterocycles. The molecule has 2 heterocycles. The van der Waals surface area contributed by atoms with Crippen molar-refractivity contribution in [1.82, 2.24) is 0 Å². The van der Waals surface area contributed by atoms with Crippen LogP contribution in [0.25, 0.3) is 0 Å². The van der Waals surface area contributed by atoms with Crippen molar-refractivity contribution < 1.29 is 9.47 Å². The molecule has 1 saturated heterocycles. The lowest BCUT2D eigenvalue weighted by Gasteiger charge is -2.25. The van der Waals surface area contributed by atoms with E-state index in [9.17, 15) is 0 Å². The van der Waals surface area contributed by atoms with Gasteiger partial charge in [-0.25, -0.2) is 0 Å². The third-order valence-corrected chi connectivity index (χ3v) is 3.40. The van der Waals surface area contributed by atoms with Crippen LogP contribution in [0.15, 0.2) is 17.5 Å². The van der Waals surface area contributed by atoms with E-state index in [0.717, 1.165) is 0 Å². The number of rotatable bonds is 3. The zero-order chi connectivity index (χ0) is 10.0. The molecule has 0 saturated carbocycles. The molecule has 0 amide bonds. The lowest BCUT2D eigenvalue weighted by atomic mass is 10.1. The van der Waals surface area contributed by atoms with Crippen molar-refractivity contribution in [2.45, 2.75) is 25.2 Å². The molecule has 0 radical (unpaired) electrons. The third kappa shape index (κ3) is 2.15. The zero-order valence-corrected chi connectivity index (χ0v) is 9.05. The summed E-state index contributed by atoms with van der Waals surface area (Å²) in [6.07, 6.45) is 0.716. The highest BCUT2D eigenvalue weighted by Crippen LogP contribution is 2.30. The van der Waals surface area contributed by atoms with E-state index in [0.29, 0.717) is 19.6 Å². The molecule has 0 aromatic carbocycles. The topological polar surface area (TPSA) is 44.5 Å². The summed E-state index contributed by atoms with van der Waals surface area (Å²) in [4.78, 5) is 1.19. The molecule has 14 heavy (non-hydrogen) atoms. The standard InChI is InChI=1S/C10H15NO2S/c1-10(12-4-5-13-10)7-8(11)9-3-2-6-14-9/h2-3,6,8H,4-5,7,11H2,1H3. The van der Waals surface area contributed by atoms with Gasteiger partial charge in [-0.05, 0) is 18.4 Å². The van der Waals surface area contributed by atoms with Crippen LogP contribution in [0.1, 0.15) is 24.3 Å². The van der Waals surface area contributed by atoms with Crippen LogP contribution in [0, 0.1) is 0 Å². The quantitative estimate of drug-likeness (QED) is 0.834. The fourth-order valence-electron chi connectivity index (χ4n) is 1.68. The molecule has 1 fully saturated rings. The van der Waals surface area contributed by atoms with Gasteiger partial charge in [-0.15, -0.1) is 11.3 Å². The first-order valence-corrected chi connectivity index (χ1v) is 5.64. The van der Waals surface area contributed by atoms with E-state index >= 15 is 0 Å². The van der Waals surface area contributed by atoms with Gasteiger partial charge in [-0.3, -0.25) is 0 Å². The van der Waals surface area contributed by atoms with Gasteiger partial charge in [-0.2, -0.15) is 0 Å². The largest absolute Gasteiger partial charge is 0.348 e. The van der Waals surface area contributed by atoms with Crippen LogP contribution in [0.5, 0.6) is 0 Å². The van der Waals surface area contributed by atoms with E-state index in [1.165, 1.54) is 4.88 Å². The zero-order valence-electron chi connectivity index (χ0n) is 8.23. The van der Waals surface area contributed by atoms with Crippen molar-refractivity contribution in [3.05, 3.63) is 22.4 Å². The second kappa shape index (κ2) is 3.98. The monoisotopic (exact) mass is 213 g/mol. The maximum atomic E-state index is 6.05. The Morgan fingerprint density at radius 3 is 2.86 bits per heavy atom. The SMILES string of the molecule is CC1(CC(N)c2cccs2)OCCO1. The molecule has 2 N–H and O–H groups in total. The van der Waals surface area contributed by atoms with E-state index in [1.807, 2.05) is 24.4 Å². The van der Waals surface area contributed by atoms with Crippen LogP contribution in [-0.2, 0) is 9.47 Å². The van der Waals surface area contributed by atoms with E-state index < -0.39 is 5.79 Å². The van der Waals surface area contributed by atoms with Crippen molar-refractivity contribution in [3.8, 4) is 0 Å². The summed E-state index contributed by atoms with van der Waals surface area (Å²) >= 11 is 1.68. The molecular weight excluding hydrogens is 198 g/mol. The first-order valence-electron chi connectivity index (χ1n) is 4.76. The minimum Gasteiger partial charge on any atom is -0.348 e. The van der Waals surface area contributed by atoms with Crippen molar-refractivity contribution in [3.63, 3.8) is 0 Å². The highest BCUT2D eigenvalue weighted by atomic mass is 32.1. The van der Waals surface area contributed by atoms with Crippen LogP contribution in [0.4, 0.5) is 0 Å². The van der Waals surface area contributed by atoms with Gasteiger partial charge >= 0.3 is 0 Å². The molecule has 1 aromatic rings. The molecule has 1 aliphatic rings. The maximum absolute atomic E-state index is 6.05. The summed E-state index contributed by atoms with van der Waals surface area (Å²) in [6.45, 7) is 3.30. The summed E-state index contributed by atoms with van der Waals surface area (Å²) in [5.74, 6) is -0.483. The Kier molecular flexibility index (Phi) is 2.88. The second-order valence-corrected chi connectivity index (χ2v) is 4.64. The molecule has 0 spiro atoms. The summed E-state index contributed by atoms with van der Waals surface area (Å²) in [5, 5.41) is 2.04. The fourth-order valence-corrected chi connectivity index (χ4v) is 2.41. The van der Waals surface area contributed by atoms with Crippen molar-refractivity contribution in [2.75, 3.05) is 13.2 Å². The molecule has 0 bridgehead atoms. The third-order valence-electron chi connectivity index (χ3n) is 2.40. The van der Waals surface area contributed by atoms with Crippen molar-refractivity contribution >= 4 is 11.3 Å². The highest BCUT2D eigenvalue weighted by molar-refractivity contribution is 7.10. The van der Waals surface area contributed by atoms with E-state index in [4.69, 9.17) is 15.2 Å². The van der Waals surface area contributed by atoms with E-state index in [1.54, 1.807) is 11.3 Å². The van der Waals surface area contributed by atoms with Crippen LogP contribution in [-0.4, -0.2) is 19.0 Å². The van der Waals surface area contributed by atoms with Gasteiger partial charge in [0.2, 0.25) is 0 Å². The summed E-state index contributed by atoms with van der Waals surface area (Å²) in [7, 11) is 0. The van der Waals surface area contributed by atoms with Gasteiger partial charge in [0.05, 0.1) is 13.2 Å². The minimum atomic E-state index is -0.483. The number of thiophene rings is 1. The predicted molar refractivity (Wildman–Crippen MR) is 56.2 cm³/mol. The molecular formula is C10H15NO2S. The van der Waals surface area contributed by atoms with Gasteiger partial charge in [-0.1, -0.05) is 6.07 Å². The van der Waals surface area contributed by atoms with E-state index in [2.05, 4.69) is 0 Å². The highest BCUT2D eigenvalue weighted by Gasteiger charge is 2.33. The summed E-state index contributed by atoms with van der Waals surface area (Å²) < 4.78 is 11.0. The Hall–Kier alpha value is -0.420. The van der Waals surface area contributed by atoms with Gasteiger partial charge in [0.25, 0.3) is 0 Å². The average molecular weight is 213 g/mol. The van der Waals surface area contributed by atoms with Crippen LogP contribution >= 0.6 is 11.3 Å². The molecule has 1 aliphatic heterocycles. The predicted octanol–water partition coefficient (Wildman–Crippen LogP) is 1.90. The van der Waals surface area contributed by atoms with Crippen LogP contribution < -0.4 is 5.73 Å². The average Bonchev–Trinajstić information content (AvgIpc) is 2.74. The van der Waals surface area contributed by atoms with Gasteiger partial charge in [0.15, 0.2) is 5.79 Å². The molecule has 1 atom stereocenters. The van der Waals surface area contributed by atoms with Gasteiger partial charge in [0, 0.05) is 17.3 Å². The molecule has 78 valence electrons. The number of ether oxygens (including phenoxy) is 2. The molecule has 0 aliphatic carbocycles. The van der Waals surface area contributed by atoms with Crippen LogP contribution in [0.3, 0.4) is 0 Å². The lowest BCUT2D eigenvalue weighted by molar-refractivity contribution is -0.149. The Labute approximate surface area is 87.8 Å². The van der Waals surface area contributed by atoms with E-state index in [-0.39, 0.29) is 6.04 Å². The molecule has 1 unspecified atom stereocenters. The number of nitrogens with two attached hydrogens (primary N) is 1. The molecule has 3 nitrogen and oxygen atoms in total. The number of hydrogen-bond acceptors (Lipinski definition) is 4. The van der Waals surface area contributed by atoms with Crippen LogP contribution in [0.2, 0.25) is 0 Å². The second-order valence-electron chi connectivity index (χ2n) is 3.66. The Morgan fingerprint density at radius 2 is 2.29 bits per heavy atom. The first-order chi connectivity index (χ1) is 6.70. The molecule has 4 heteroatoms.